The molecule has 0 aromatic carbocycles. The van der Waals surface area contributed by atoms with Crippen molar-refractivity contribution in [1.29, 1.82) is 0 Å². The molecule has 7 nitrogen and oxygen atoms in total. The summed E-state index contributed by atoms with van der Waals surface area (Å²) in [7, 11) is 0. The quantitative estimate of drug-likeness (QED) is 0.279. The summed E-state index contributed by atoms with van der Waals surface area (Å²) in [5.74, 6) is 0.284. The molecule has 0 aromatic rings. The zero-order valence-corrected chi connectivity index (χ0v) is 5.78. The Morgan fingerprint density at radius 3 is 2.64 bits per heavy atom. The number of hydrazine groups is 1. The maximum atomic E-state index is 8.65. The van der Waals surface area contributed by atoms with Crippen LogP contribution in [0.3, 0.4) is 0 Å². The van der Waals surface area contributed by atoms with E-state index in [1.807, 2.05) is 0 Å². The fourth-order valence-corrected chi connectivity index (χ4v) is 0.613. The lowest BCUT2D eigenvalue weighted by molar-refractivity contribution is 0.0906. The molecule has 0 unspecified atom stereocenters. The molecule has 0 aliphatic carbocycles. The zero-order valence-electron chi connectivity index (χ0n) is 5.78. The molecule has 1 heterocycles. The highest BCUT2D eigenvalue weighted by Gasteiger charge is 2.15. The third-order valence-corrected chi connectivity index (χ3v) is 1.28. The molecule has 0 spiro atoms. The first kappa shape index (κ1) is 7.48. The average molecular weight is 158 g/mol. The fourth-order valence-electron chi connectivity index (χ4n) is 0.613. The smallest absolute Gasteiger partial charge is 0.172 e. The number of nitrogens with zero attached hydrogens (tertiary/aromatic N) is 2. The topological polar surface area (TPSA) is 126 Å². The molecular weight excluding hydrogens is 148 g/mol. The van der Waals surface area contributed by atoms with Gasteiger partial charge in [0.25, 0.3) is 0 Å². The fraction of sp³-hybridized carbons (Fsp3) is 0.250. The van der Waals surface area contributed by atoms with E-state index < -0.39 is 0 Å². The molecule has 0 bridgehead atoms. The minimum Gasteiger partial charge on any atom is -0.393 e. The highest BCUT2D eigenvalue weighted by atomic mass is 16.3. The van der Waals surface area contributed by atoms with E-state index in [1.54, 1.807) is 0 Å². The van der Waals surface area contributed by atoms with Gasteiger partial charge in [0.1, 0.15) is 18.2 Å². The molecule has 8 N–H and O–H groups in total. The minimum absolute atomic E-state index is 0.118. The molecule has 0 saturated heterocycles. The molecule has 1 aliphatic rings. The number of rotatable bonds is 1. The molecule has 11 heavy (non-hydrogen) atoms. The molecule has 0 saturated carbocycles. The van der Waals surface area contributed by atoms with Crippen LogP contribution in [0.5, 0.6) is 0 Å². The Morgan fingerprint density at radius 1 is 1.45 bits per heavy atom. The van der Waals surface area contributed by atoms with Gasteiger partial charge in [-0.3, -0.25) is 0 Å². The Hall–Kier alpha value is -1.63. The number of aliphatic hydroxyl groups is 1. The van der Waals surface area contributed by atoms with Crippen molar-refractivity contribution in [3.05, 3.63) is 11.5 Å². The van der Waals surface area contributed by atoms with Crippen molar-refractivity contribution in [2.45, 2.75) is 0 Å². The van der Waals surface area contributed by atoms with Crippen molar-refractivity contribution in [2.24, 2.45) is 22.3 Å². The predicted octanol–water partition coefficient (Wildman–Crippen LogP) is -2.88. The van der Waals surface area contributed by atoms with Gasteiger partial charge >= 0.3 is 0 Å². The summed E-state index contributed by atoms with van der Waals surface area (Å²) >= 11 is 0. The maximum absolute atomic E-state index is 8.65. The number of nitrogens with two attached hydrogens (primary N) is 3. The Balaban J connectivity index is 2.88. The first-order valence-electron chi connectivity index (χ1n) is 2.89. The summed E-state index contributed by atoms with van der Waals surface area (Å²) in [4.78, 5) is 0. The first-order chi connectivity index (χ1) is 5.16. The Kier molecular flexibility index (Phi) is 1.73. The summed E-state index contributed by atoms with van der Waals surface area (Å²) in [6.07, 6.45) is 0. The summed E-state index contributed by atoms with van der Waals surface area (Å²) in [6.45, 7) is -0.316. The molecule has 0 aromatic heterocycles. The lowest BCUT2D eigenvalue weighted by atomic mass is 10.4. The summed E-state index contributed by atoms with van der Waals surface area (Å²) in [5.41, 5.74) is 18.7. The van der Waals surface area contributed by atoms with Gasteiger partial charge < -0.3 is 22.3 Å². The van der Waals surface area contributed by atoms with Crippen LogP contribution in [0.25, 0.3) is 0 Å². The van der Waals surface area contributed by atoms with Crippen LogP contribution in [0, 0.1) is 0 Å². The second-order valence-electron chi connectivity index (χ2n) is 1.97. The molecule has 7 heteroatoms. The monoisotopic (exact) mass is 158 g/mol. The Morgan fingerprint density at radius 2 is 2.09 bits per heavy atom. The van der Waals surface area contributed by atoms with Gasteiger partial charge in [0.2, 0.25) is 0 Å². The number of hydrazone groups is 1. The van der Waals surface area contributed by atoms with Crippen LogP contribution in [-0.4, -0.2) is 22.7 Å². The largest absolute Gasteiger partial charge is 0.393 e. The molecule has 0 radical (unpaired) electrons. The molecule has 1 aliphatic heterocycles. The van der Waals surface area contributed by atoms with Crippen molar-refractivity contribution < 1.29 is 5.11 Å². The van der Waals surface area contributed by atoms with Gasteiger partial charge in [-0.15, -0.1) is 5.10 Å². The van der Waals surface area contributed by atoms with Gasteiger partial charge in [-0.2, -0.15) is 0 Å². The van der Waals surface area contributed by atoms with Gasteiger partial charge in [-0.1, -0.05) is 0 Å². The van der Waals surface area contributed by atoms with Gasteiger partial charge in [-0.25, -0.2) is 10.5 Å². The maximum Gasteiger partial charge on any atom is 0.172 e. The molecule has 0 fully saturated rings. The van der Waals surface area contributed by atoms with E-state index in [4.69, 9.17) is 22.3 Å². The van der Waals surface area contributed by atoms with Crippen LogP contribution in [0.1, 0.15) is 0 Å². The molecular formula is C4H10N6O. The van der Waals surface area contributed by atoms with Crippen molar-refractivity contribution in [2.75, 3.05) is 6.73 Å². The van der Waals surface area contributed by atoms with E-state index >= 15 is 0 Å². The van der Waals surface area contributed by atoms with Gasteiger partial charge in [-0.05, 0) is 0 Å². The minimum atomic E-state index is -0.316. The van der Waals surface area contributed by atoms with E-state index in [0.717, 1.165) is 5.01 Å². The second-order valence-corrected chi connectivity index (χ2v) is 1.97. The van der Waals surface area contributed by atoms with Gasteiger partial charge in [0.05, 0.1) is 0 Å². The van der Waals surface area contributed by atoms with Gasteiger partial charge in [0.15, 0.2) is 5.84 Å². The van der Waals surface area contributed by atoms with Crippen LogP contribution in [0.15, 0.2) is 16.6 Å². The third-order valence-electron chi connectivity index (χ3n) is 1.28. The number of hydrogen-bond donors (Lipinski definition) is 5. The van der Waals surface area contributed by atoms with Crippen LogP contribution in [-0.2, 0) is 0 Å². The van der Waals surface area contributed by atoms with E-state index in [9.17, 15) is 0 Å². The molecule has 0 atom stereocenters. The van der Waals surface area contributed by atoms with E-state index in [0.29, 0.717) is 0 Å². The molecule has 62 valence electrons. The molecule has 1 rings (SSSR count). The summed E-state index contributed by atoms with van der Waals surface area (Å²) in [6, 6.07) is 0. The normalized spacial score (nSPS) is 17.9. The number of nitrogens with one attached hydrogen (secondary N) is 1. The van der Waals surface area contributed by atoms with E-state index in [2.05, 4.69) is 10.6 Å². The standard InChI is InChI=1S/C4H10N6O/c5-2-3(6)8-9-10(1-11)4(2)7/h9,11H,1,5,7H2,(H2,6,8). The highest BCUT2D eigenvalue weighted by Crippen LogP contribution is 2.00. The first-order valence-corrected chi connectivity index (χ1v) is 2.89. The van der Waals surface area contributed by atoms with Crippen molar-refractivity contribution in [1.82, 2.24) is 10.5 Å². The Labute approximate surface area is 63.1 Å². The SMILES string of the molecule is NC1=NNN(CO)C(N)=C1N. The number of hydrogen-bond acceptors (Lipinski definition) is 7. The number of aliphatic hydroxyl groups excluding tert-OH is 1. The van der Waals surface area contributed by atoms with E-state index in [1.165, 1.54) is 0 Å². The van der Waals surface area contributed by atoms with Crippen LogP contribution >= 0.6 is 0 Å². The summed E-state index contributed by atoms with van der Waals surface area (Å²) < 4.78 is 0. The zero-order chi connectivity index (χ0) is 8.43. The van der Waals surface area contributed by atoms with Crippen LogP contribution < -0.4 is 22.7 Å². The predicted molar refractivity (Wildman–Crippen MR) is 39.1 cm³/mol. The average Bonchev–Trinajstić information content (AvgIpc) is 2.01. The molecule has 0 amide bonds. The lowest BCUT2D eigenvalue weighted by Gasteiger charge is -2.25. The van der Waals surface area contributed by atoms with Gasteiger partial charge in [0, 0.05) is 0 Å². The lowest BCUT2D eigenvalue weighted by Crippen LogP contribution is -2.46. The van der Waals surface area contributed by atoms with E-state index in [-0.39, 0.29) is 24.1 Å². The van der Waals surface area contributed by atoms with Crippen molar-refractivity contribution in [3.8, 4) is 0 Å². The van der Waals surface area contributed by atoms with Crippen molar-refractivity contribution >= 4 is 5.84 Å². The van der Waals surface area contributed by atoms with Crippen molar-refractivity contribution in [3.63, 3.8) is 0 Å². The summed E-state index contributed by atoms with van der Waals surface area (Å²) in [5, 5.41) is 13.4. The highest BCUT2D eigenvalue weighted by molar-refractivity contribution is 5.96. The third kappa shape index (κ3) is 1.13. The van der Waals surface area contributed by atoms with Crippen LogP contribution in [0.4, 0.5) is 0 Å². The Bertz CT molecular complexity index is 221. The van der Waals surface area contributed by atoms with Crippen LogP contribution in [0.2, 0.25) is 0 Å². The number of amidine groups is 1. The second kappa shape index (κ2) is 2.54.